The van der Waals surface area contributed by atoms with Gasteiger partial charge in [-0.15, -0.1) is 0 Å². The molecule has 1 aromatic carbocycles. The minimum atomic E-state index is -0.884. The van der Waals surface area contributed by atoms with Crippen molar-refractivity contribution in [2.45, 2.75) is 50.2 Å². The van der Waals surface area contributed by atoms with E-state index in [4.69, 9.17) is 4.74 Å². The number of ether oxygens (including phenoxy) is 1. The van der Waals surface area contributed by atoms with Crippen LogP contribution in [0.1, 0.15) is 44.4 Å². The molecule has 1 atom stereocenters. The highest BCUT2D eigenvalue weighted by Crippen LogP contribution is 2.30. The van der Waals surface area contributed by atoms with Crippen LogP contribution in [0.25, 0.3) is 10.9 Å². The number of benzene rings is 1. The van der Waals surface area contributed by atoms with Crippen molar-refractivity contribution in [1.29, 1.82) is 5.26 Å². The number of aromatic nitrogens is 3. The van der Waals surface area contributed by atoms with Gasteiger partial charge in [-0.05, 0) is 51.0 Å². The molecule has 0 amide bonds. The summed E-state index contributed by atoms with van der Waals surface area (Å²) >= 11 is 0. The third kappa shape index (κ3) is 4.41. The molecule has 3 aromatic rings. The molecule has 0 spiro atoms. The minimum absolute atomic E-state index is 0.0895. The van der Waals surface area contributed by atoms with E-state index in [1.165, 1.54) is 6.42 Å². The Morgan fingerprint density at radius 3 is 2.83 bits per heavy atom. The quantitative estimate of drug-likeness (QED) is 0.609. The van der Waals surface area contributed by atoms with Crippen molar-refractivity contribution < 1.29 is 8.95 Å². The topological polar surface area (TPSA) is 101 Å². The van der Waals surface area contributed by atoms with Gasteiger partial charge >= 0.3 is 0 Å². The number of anilines is 2. The molecule has 154 valence electrons. The largest absolute Gasteiger partial charge is 0.487 e. The van der Waals surface area contributed by atoms with E-state index in [0.29, 0.717) is 33.8 Å². The van der Waals surface area contributed by atoms with E-state index in [9.17, 15) is 9.47 Å². The summed E-state index contributed by atoms with van der Waals surface area (Å²) in [5.74, 6) is 1.31. The Bertz CT molecular complexity index is 1140. The molecular weight excluding hydrogens is 398 g/mol. The van der Waals surface area contributed by atoms with E-state index in [1.807, 2.05) is 32.0 Å². The van der Waals surface area contributed by atoms with Crippen molar-refractivity contribution in [3.05, 3.63) is 47.9 Å². The van der Waals surface area contributed by atoms with Crippen molar-refractivity contribution >= 4 is 33.3 Å². The summed E-state index contributed by atoms with van der Waals surface area (Å²) in [7, 11) is -0.884. The van der Waals surface area contributed by atoms with Gasteiger partial charge in [-0.3, -0.25) is 9.19 Å². The normalized spacial score (nSPS) is 14.9. The summed E-state index contributed by atoms with van der Waals surface area (Å²) in [6, 6.07) is 9.39. The summed E-state index contributed by atoms with van der Waals surface area (Å²) in [4.78, 5) is 13.3. The van der Waals surface area contributed by atoms with Crippen LogP contribution in [0.5, 0.6) is 5.75 Å². The number of nitriles is 1. The molecular formula is C22H23N5O2S. The fraction of sp³-hybridized carbons (Fsp3) is 0.364. The molecule has 1 saturated carbocycles. The molecule has 2 heterocycles. The number of hydrogen-bond donors (Lipinski definition) is 1. The smallest absolute Gasteiger partial charge is 0.227 e. The minimum Gasteiger partial charge on any atom is -0.487 e. The monoisotopic (exact) mass is 421 g/mol. The van der Waals surface area contributed by atoms with Gasteiger partial charge in [-0.1, -0.05) is 6.42 Å². The van der Waals surface area contributed by atoms with E-state index < -0.39 is 10.8 Å². The van der Waals surface area contributed by atoms with Gasteiger partial charge in [0.15, 0.2) is 5.75 Å². The summed E-state index contributed by atoms with van der Waals surface area (Å²) < 4.78 is 18.3. The summed E-state index contributed by atoms with van der Waals surface area (Å²) in [6.45, 7) is 3.82. The second-order valence-corrected chi connectivity index (χ2v) is 9.31. The van der Waals surface area contributed by atoms with Gasteiger partial charge in [0.05, 0.1) is 23.1 Å². The molecule has 0 bridgehead atoms. The predicted molar refractivity (Wildman–Crippen MR) is 117 cm³/mol. The molecule has 7 nitrogen and oxygen atoms in total. The van der Waals surface area contributed by atoms with Crippen LogP contribution in [0.15, 0.2) is 36.7 Å². The lowest BCUT2D eigenvalue weighted by Crippen LogP contribution is -2.24. The Balaban J connectivity index is 1.60. The average molecular weight is 422 g/mol. The van der Waals surface area contributed by atoms with Crippen LogP contribution in [0.2, 0.25) is 0 Å². The predicted octanol–water partition coefficient (Wildman–Crippen LogP) is 4.23. The van der Waals surface area contributed by atoms with Gasteiger partial charge < -0.3 is 10.1 Å². The van der Waals surface area contributed by atoms with Crippen LogP contribution in [0.3, 0.4) is 0 Å². The van der Waals surface area contributed by atoms with Gasteiger partial charge in [-0.2, -0.15) is 5.26 Å². The average Bonchev–Trinajstić information content (AvgIpc) is 2.67. The van der Waals surface area contributed by atoms with Gasteiger partial charge in [0, 0.05) is 39.5 Å². The first kappa shape index (κ1) is 20.2. The highest BCUT2D eigenvalue weighted by atomic mass is 32.2. The third-order valence-electron chi connectivity index (χ3n) is 4.97. The van der Waals surface area contributed by atoms with Gasteiger partial charge in [0.2, 0.25) is 5.95 Å². The molecule has 1 aliphatic carbocycles. The number of nitrogens with one attached hydrogen (secondary N) is 1. The number of fused-ring (bicyclic) bond motifs is 1. The first-order chi connectivity index (χ1) is 14.5. The summed E-state index contributed by atoms with van der Waals surface area (Å²) in [5, 5.41) is 13.7. The molecule has 4 rings (SSSR count). The highest BCUT2D eigenvalue weighted by molar-refractivity contribution is 7.84. The Morgan fingerprint density at radius 1 is 1.30 bits per heavy atom. The number of rotatable bonds is 7. The van der Waals surface area contributed by atoms with Gasteiger partial charge in [-0.25, -0.2) is 9.97 Å². The highest BCUT2D eigenvalue weighted by Gasteiger charge is 2.24. The van der Waals surface area contributed by atoms with Crippen LogP contribution >= 0.6 is 0 Å². The van der Waals surface area contributed by atoms with E-state index in [1.54, 1.807) is 18.5 Å². The zero-order chi connectivity index (χ0) is 21.1. The Kier molecular flexibility index (Phi) is 5.91. The molecule has 30 heavy (non-hydrogen) atoms. The van der Waals surface area contributed by atoms with Crippen molar-refractivity contribution in [1.82, 2.24) is 15.0 Å². The SMILES string of the molecule is CC(C)Oc1c(C#N)ccc2cnc(Nc3ccnc(CS(=O)C4CCC4)c3)nc12. The first-order valence-corrected chi connectivity index (χ1v) is 11.4. The fourth-order valence-corrected chi connectivity index (χ4v) is 4.78. The zero-order valence-electron chi connectivity index (χ0n) is 17.0. The van der Waals surface area contributed by atoms with Crippen molar-refractivity contribution in [2.75, 3.05) is 5.32 Å². The maximum Gasteiger partial charge on any atom is 0.227 e. The maximum atomic E-state index is 12.4. The second kappa shape index (κ2) is 8.76. The van der Waals surface area contributed by atoms with E-state index >= 15 is 0 Å². The second-order valence-electron chi connectivity index (χ2n) is 7.59. The number of pyridine rings is 1. The van der Waals surface area contributed by atoms with Crippen LogP contribution in [-0.4, -0.2) is 30.5 Å². The van der Waals surface area contributed by atoms with E-state index in [-0.39, 0.29) is 6.10 Å². The molecule has 8 heteroatoms. The van der Waals surface area contributed by atoms with Crippen LogP contribution in [0, 0.1) is 11.3 Å². The van der Waals surface area contributed by atoms with E-state index in [0.717, 1.165) is 29.6 Å². The number of nitrogens with zero attached hydrogens (tertiary/aromatic N) is 4. The van der Waals surface area contributed by atoms with Crippen molar-refractivity contribution in [3.8, 4) is 11.8 Å². The molecule has 1 aliphatic rings. The number of hydrogen-bond acceptors (Lipinski definition) is 7. The van der Waals surface area contributed by atoms with Gasteiger partial charge in [0.25, 0.3) is 0 Å². The Hall–Kier alpha value is -3.05. The summed E-state index contributed by atoms with van der Waals surface area (Å²) in [5.41, 5.74) is 2.57. The standard InChI is InChI=1S/C22H23N5O2S/c1-14(2)29-21-15(11-23)6-7-16-12-25-22(27-20(16)21)26-17-8-9-24-18(10-17)13-30(28)19-4-3-5-19/h6-10,12,14,19H,3-5,13H2,1-2H3,(H,24,25,26,27). The molecule has 1 fully saturated rings. The molecule has 0 saturated heterocycles. The lowest BCUT2D eigenvalue weighted by Gasteiger charge is -2.24. The Morgan fingerprint density at radius 2 is 2.13 bits per heavy atom. The molecule has 0 radical (unpaired) electrons. The van der Waals surface area contributed by atoms with Crippen molar-refractivity contribution in [3.63, 3.8) is 0 Å². The van der Waals surface area contributed by atoms with Crippen LogP contribution in [0.4, 0.5) is 11.6 Å². The van der Waals surface area contributed by atoms with Crippen molar-refractivity contribution in [2.24, 2.45) is 0 Å². The van der Waals surface area contributed by atoms with Crippen LogP contribution in [-0.2, 0) is 16.6 Å². The lowest BCUT2D eigenvalue weighted by atomic mass is 10.0. The van der Waals surface area contributed by atoms with Crippen LogP contribution < -0.4 is 10.1 Å². The maximum absolute atomic E-state index is 12.4. The third-order valence-corrected chi connectivity index (χ3v) is 6.76. The zero-order valence-corrected chi connectivity index (χ0v) is 17.8. The van der Waals surface area contributed by atoms with Gasteiger partial charge in [0.1, 0.15) is 11.6 Å². The first-order valence-electron chi connectivity index (χ1n) is 9.99. The fourth-order valence-electron chi connectivity index (χ4n) is 3.24. The Labute approximate surface area is 178 Å². The molecule has 1 unspecified atom stereocenters. The molecule has 1 N–H and O–H groups in total. The molecule has 0 aliphatic heterocycles. The summed E-state index contributed by atoms with van der Waals surface area (Å²) in [6.07, 6.45) is 6.56. The van der Waals surface area contributed by atoms with E-state index in [2.05, 4.69) is 26.3 Å². The molecule has 2 aromatic heterocycles. The lowest BCUT2D eigenvalue weighted by molar-refractivity contribution is 0.244.